The van der Waals surface area contributed by atoms with E-state index in [1.54, 1.807) is 6.92 Å². The third kappa shape index (κ3) is 3.70. The molecule has 0 aliphatic heterocycles. The van der Waals surface area contributed by atoms with Crippen LogP contribution in [0.2, 0.25) is 0 Å². The maximum atomic E-state index is 11.3. The van der Waals surface area contributed by atoms with Gasteiger partial charge < -0.3 is 15.8 Å². The Morgan fingerprint density at radius 2 is 2.21 bits per heavy atom. The van der Waals surface area contributed by atoms with Crippen molar-refractivity contribution < 1.29 is 9.53 Å². The third-order valence-electron chi connectivity index (χ3n) is 3.43. The molecule has 1 aromatic rings. The number of nitrogens with two attached hydrogens (primary N) is 1. The number of aryl methyl sites for hydroxylation is 1. The first-order chi connectivity index (χ1) is 9.18. The number of hydrogen-bond donors (Lipinski definition) is 2. The molecule has 4 nitrogen and oxygen atoms in total. The lowest BCUT2D eigenvalue weighted by Crippen LogP contribution is -2.40. The fraction of sp³-hybridized carbons (Fsp3) is 0.533. The zero-order chi connectivity index (χ0) is 13.7. The maximum absolute atomic E-state index is 11.3. The van der Waals surface area contributed by atoms with Crippen LogP contribution < -0.4 is 15.8 Å². The Kier molecular flexibility index (Phi) is 4.80. The Balaban J connectivity index is 1.85. The van der Waals surface area contributed by atoms with Crippen LogP contribution in [0.4, 0.5) is 0 Å². The van der Waals surface area contributed by atoms with E-state index in [1.165, 1.54) is 24.0 Å². The van der Waals surface area contributed by atoms with E-state index in [1.807, 2.05) is 12.1 Å². The Labute approximate surface area is 114 Å². The van der Waals surface area contributed by atoms with Gasteiger partial charge in [0, 0.05) is 0 Å². The van der Waals surface area contributed by atoms with Gasteiger partial charge in [-0.15, -0.1) is 0 Å². The molecule has 4 heteroatoms. The lowest BCUT2D eigenvalue weighted by Gasteiger charge is -2.19. The molecule has 0 fully saturated rings. The Morgan fingerprint density at radius 1 is 1.42 bits per heavy atom. The molecule has 104 valence electrons. The van der Waals surface area contributed by atoms with Gasteiger partial charge in [0.25, 0.3) is 0 Å². The molecular weight excluding hydrogens is 240 g/mol. The van der Waals surface area contributed by atoms with Crippen molar-refractivity contribution in [1.82, 2.24) is 5.32 Å². The summed E-state index contributed by atoms with van der Waals surface area (Å²) in [5, 5.41) is 2.74. The molecule has 1 aliphatic rings. The standard InChI is InChI=1S/C15H22N2O2/c1-11(16)15(18)17-9-10-19-14-8-4-6-12-5-2-3-7-13(12)14/h4,6,8,11H,2-3,5,7,9-10,16H2,1H3,(H,17,18). The van der Waals surface area contributed by atoms with Gasteiger partial charge in [0.05, 0.1) is 12.6 Å². The molecule has 1 atom stereocenters. The average Bonchev–Trinajstić information content (AvgIpc) is 2.43. The van der Waals surface area contributed by atoms with Crippen molar-refractivity contribution in [3.8, 4) is 5.75 Å². The van der Waals surface area contributed by atoms with Crippen LogP contribution in [0.25, 0.3) is 0 Å². The summed E-state index contributed by atoms with van der Waals surface area (Å²) in [5.74, 6) is 0.825. The molecule has 0 saturated heterocycles. The highest BCUT2D eigenvalue weighted by molar-refractivity contribution is 5.80. The molecule has 2 rings (SSSR count). The quantitative estimate of drug-likeness (QED) is 0.789. The molecule has 1 unspecified atom stereocenters. The number of fused-ring (bicyclic) bond motifs is 1. The van der Waals surface area contributed by atoms with Crippen LogP contribution in [0.5, 0.6) is 5.75 Å². The van der Waals surface area contributed by atoms with E-state index in [-0.39, 0.29) is 5.91 Å². The van der Waals surface area contributed by atoms with Crippen LogP contribution in [-0.4, -0.2) is 25.1 Å². The van der Waals surface area contributed by atoms with Crippen LogP contribution in [-0.2, 0) is 17.6 Å². The van der Waals surface area contributed by atoms with Gasteiger partial charge in [-0.25, -0.2) is 0 Å². The lowest BCUT2D eigenvalue weighted by atomic mass is 9.91. The Hall–Kier alpha value is -1.55. The van der Waals surface area contributed by atoms with Gasteiger partial charge in [0.15, 0.2) is 0 Å². The maximum Gasteiger partial charge on any atom is 0.236 e. The number of nitrogens with one attached hydrogen (secondary N) is 1. The SMILES string of the molecule is CC(N)C(=O)NCCOc1cccc2c1CCCC2. The molecule has 3 N–H and O–H groups in total. The van der Waals surface area contributed by atoms with E-state index in [0.29, 0.717) is 13.2 Å². The van der Waals surface area contributed by atoms with Gasteiger partial charge in [-0.2, -0.15) is 0 Å². The minimum atomic E-state index is -0.468. The van der Waals surface area contributed by atoms with Crippen molar-refractivity contribution in [1.29, 1.82) is 0 Å². The summed E-state index contributed by atoms with van der Waals surface area (Å²) >= 11 is 0. The summed E-state index contributed by atoms with van der Waals surface area (Å²) in [6, 6.07) is 5.76. The highest BCUT2D eigenvalue weighted by Gasteiger charge is 2.13. The van der Waals surface area contributed by atoms with Crippen LogP contribution in [0.1, 0.15) is 30.9 Å². The lowest BCUT2D eigenvalue weighted by molar-refractivity contribution is -0.122. The van der Waals surface area contributed by atoms with Gasteiger partial charge in [-0.3, -0.25) is 4.79 Å². The average molecular weight is 262 g/mol. The van der Waals surface area contributed by atoms with Crippen molar-refractivity contribution in [2.75, 3.05) is 13.2 Å². The summed E-state index contributed by atoms with van der Waals surface area (Å²) in [5.41, 5.74) is 8.21. The molecule has 0 aromatic heterocycles. The monoisotopic (exact) mass is 262 g/mol. The number of hydrogen-bond acceptors (Lipinski definition) is 3. The van der Waals surface area contributed by atoms with E-state index in [4.69, 9.17) is 10.5 Å². The van der Waals surface area contributed by atoms with Gasteiger partial charge in [0.1, 0.15) is 12.4 Å². The third-order valence-corrected chi connectivity index (χ3v) is 3.43. The van der Waals surface area contributed by atoms with Crippen LogP contribution in [0.3, 0.4) is 0 Å². The molecule has 19 heavy (non-hydrogen) atoms. The van der Waals surface area contributed by atoms with Gasteiger partial charge >= 0.3 is 0 Å². The van der Waals surface area contributed by atoms with Gasteiger partial charge in [0.2, 0.25) is 5.91 Å². The molecule has 0 saturated carbocycles. The minimum absolute atomic E-state index is 0.140. The molecule has 1 amide bonds. The number of ether oxygens (including phenoxy) is 1. The minimum Gasteiger partial charge on any atom is -0.491 e. The molecule has 0 bridgehead atoms. The molecule has 1 aromatic carbocycles. The fourth-order valence-electron chi connectivity index (χ4n) is 2.38. The van der Waals surface area contributed by atoms with Crippen molar-refractivity contribution >= 4 is 5.91 Å². The van der Waals surface area contributed by atoms with E-state index >= 15 is 0 Å². The first-order valence-corrected chi connectivity index (χ1v) is 6.95. The van der Waals surface area contributed by atoms with Crippen LogP contribution >= 0.6 is 0 Å². The van der Waals surface area contributed by atoms with E-state index in [9.17, 15) is 4.79 Å². The number of carbonyl (C=O) groups excluding carboxylic acids is 1. The highest BCUT2D eigenvalue weighted by Crippen LogP contribution is 2.29. The second-order valence-corrected chi connectivity index (χ2v) is 5.03. The molecule has 0 radical (unpaired) electrons. The molecular formula is C15H22N2O2. The first-order valence-electron chi connectivity index (χ1n) is 6.95. The second kappa shape index (κ2) is 6.57. The number of carbonyl (C=O) groups is 1. The summed E-state index contributed by atoms with van der Waals surface area (Å²) < 4.78 is 5.78. The van der Waals surface area contributed by atoms with Crippen molar-refractivity contribution in [2.24, 2.45) is 5.73 Å². The zero-order valence-electron chi connectivity index (χ0n) is 11.4. The van der Waals surface area contributed by atoms with Crippen LogP contribution in [0.15, 0.2) is 18.2 Å². The Bertz CT molecular complexity index is 444. The predicted molar refractivity (Wildman–Crippen MR) is 75.2 cm³/mol. The summed E-state index contributed by atoms with van der Waals surface area (Å²) in [7, 11) is 0. The highest BCUT2D eigenvalue weighted by atomic mass is 16.5. The molecule has 1 aliphatic carbocycles. The van der Waals surface area contributed by atoms with Crippen molar-refractivity contribution in [3.63, 3.8) is 0 Å². The van der Waals surface area contributed by atoms with Crippen LogP contribution in [0, 0.1) is 0 Å². The van der Waals surface area contributed by atoms with Crippen molar-refractivity contribution in [3.05, 3.63) is 29.3 Å². The summed E-state index contributed by atoms with van der Waals surface area (Å²) in [6.45, 7) is 2.64. The van der Waals surface area contributed by atoms with Gasteiger partial charge in [-0.1, -0.05) is 12.1 Å². The number of rotatable bonds is 5. The second-order valence-electron chi connectivity index (χ2n) is 5.03. The molecule has 0 spiro atoms. The molecule has 0 heterocycles. The Morgan fingerprint density at radius 3 is 3.00 bits per heavy atom. The van der Waals surface area contributed by atoms with Crippen molar-refractivity contribution in [2.45, 2.75) is 38.6 Å². The topological polar surface area (TPSA) is 64.4 Å². The smallest absolute Gasteiger partial charge is 0.236 e. The van der Waals surface area contributed by atoms with E-state index in [2.05, 4.69) is 11.4 Å². The van der Waals surface area contributed by atoms with E-state index < -0.39 is 6.04 Å². The van der Waals surface area contributed by atoms with E-state index in [0.717, 1.165) is 18.6 Å². The first kappa shape index (κ1) is 13.9. The number of amides is 1. The largest absolute Gasteiger partial charge is 0.491 e. The zero-order valence-corrected chi connectivity index (χ0v) is 11.4. The normalized spacial score (nSPS) is 15.5. The van der Waals surface area contributed by atoms with Gasteiger partial charge in [-0.05, 0) is 49.8 Å². The fourth-order valence-corrected chi connectivity index (χ4v) is 2.38. The predicted octanol–water partition coefficient (Wildman–Crippen LogP) is 1.41. The number of benzene rings is 1. The summed E-state index contributed by atoms with van der Waals surface area (Å²) in [4.78, 5) is 11.3. The summed E-state index contributed by atoms with van der Waals surface area (Å²) in [6.07, 6.45) is 4.74.